The van der Waals surface area contributed by atoms with Gasteiger partial charge < -0.3 is 5.32 Å². The highest BCUT2D eigenvalue weighted by Crippen LogP contribution is 2.27. The Hall–Kier alpha value is 0.01000. The number of hydrogen-bond donors (Lipinski definition) is 1. The van der Waals surface area contributed by atoms with Crippen LogP contribution in [0.1, 0.15) is 19.8 Å². The van der Waals surface area contributed by atoms with Crippen molar-refractivity contribution in [1.82, 2.24) is 5.32 Å². The molecule has 0 aliphatic carbocycles. The number of rotatable bonds is 6. The number of halogens is 1. The molecule has 0 amide bonds. The van der Waals surface area contributed by atoms with Crippen LogP contribution in [0.5, 0.6) is 0 Å². The first-order valence-corrected chi connectivity index (χ1v) is 7.06. The molecule has 0 bridgehead atoms. The SMILES string of the molecule is CNC(C)CCCSc1ccccc1Br. The van der Waals surface area contributed by atoms with Crippen molar-refractivity contribution in [3.8, 4) is 0 Å². The van der Waals surface area contributed by atoms with Crippen molar-refractivity contribution in [2.45, 2.75) is 30.7 Å². The maximum atomic E-state index is 3.56. The van der Waals surface area contributed by atoms with E-state index < -0.39 is 0 Å². The van der Waals surface area contributed by atoms with Crippen LogP contribution >= 0.6 is 27.7 Å². The molecule has 1 unspecified atom stereocenters. The van der Waals surface area contributed by atoms with Gasteiger partial charge in [0.05, 0.1) is 0 Å². The molecule has 0 spiro atoms. The molecule has 0 aliphatic rings. The van der Waals surface area contributed by atoms with Gasteiger partial charge in [0.2, 0.25) is 0 Å². The van der Waals surface area contributed by atoms with E-state index in [0.717, 1.165) is 0 Å². The number of thioether (sulfide) groups is 1. The second-order valence-electron chi connectivity index (χ2n) is 3.61. The second kappa shape index (κ2) is 7.31. The van der Waals surface area contributed by atoms with Crippen LogP contribution in [0.15, 0.2) is 33.6 Å². The number of benzene rings is 1. The van der Waals surface area contributed by atoms with Crippen molar-refractivity contribution in [2.75, 3.05) is 12.8 Å². The third-order valence-corrected chi connectivity index (χ3v) is 4.48. The number of nitrogens with one attached hydrogen (secondary N) is 1. The summed E-state index contributed by atoms with van der Waals surface area (Å²) in [5.74, 6) is 1.19. The first-order chi connectivity index (χ1) is 7.24. The van der Waals surface area contributed by atoms with Crippen LogP contribution in [-0.4, -0.2) is 18.8 Å². The van der Waals surface area contributed by atoms with Crippen molar-refractivity contribution in [3.63, 3.8) is 0 Å². The predicted octanol–water partition coefficient (Wildman–Crippen LogP) is 3.93. The zero-order valence-electron chi connectivity index (χ0n) is 9.29. The molecule has 0 saturated heterocycles. The first kappa shape index (κ1) is 13.1. The molecule has 84 valence electrons. The summed E-state index contributed by atoms with van der Waals surface area (Å²) >= 11 is 5.48. The monoisotopic (exact) mass is 287 g/mol. The van der Waals surface area contributed by atoms with E-state index in [0.29, 0.717) is 6.04 Å². The standard InChI is InChI=1S/C12H18BrNS/c1-10(14-2)6-5-9-15-12-8-4-3-7-11(12)13/h3-4,7-8,10,14H,5-6,9H2,1-2H3. The summed E-state index contributed by atoms with van der Waals surface area (Å²) in [7, 11) is 2.02. The highest BCUT2D eigenvalue weighted by molar-refractivity contribution is 9.10. The molecular formula is C12H18BrNS. The molecule has 3 heteroatoms. The van der Waals surface area contributed by atoms with E-state index in [1.807, 2.05) is 18.8 Å². The molecule has 0 radical (unpaired) electrons. The lowest BCUT2D eigenvalue weighted by molar-refractivity contribution is 0.559. The normalized spacial score (nSPS) is 12.7. The van der Waals surface area contributed by atoms with Crippen LogP contribution in [0, 0.1) is 0 Å². The van der Waals surface area contributed by atoms with Crippen molar-refractivity contribution in [3.05, 3.63) is 28.7 Å². The van der Waals surface area contributed by atoms with Gasteiger partial charge in [-0.15, -0.1) is 11.8 Å². The zero-order chi connectivity index (χ0) is 11.1. The van der Waals surface area contributed by atoms with Crippen molar-refractivity contribution >= 4 is 27.7 Å². The average molecular weight is 288 g/mol. The van der Waals surface area contributed by atoms with Crippen molar-refractivity contribution in [2.24, 2.45) is 0 Å². The van der Waals surface area contributed by atoms with Crippen LogP contribution in [0.4, 0.5) is 0 Å². The smallest absolute Gasteiger partial charge is 0.0311 e. The van der Waals surface area contributed by atoms with Crippen LogP contribution in [0.3, 0.4) is 0 Å². The topological polar surface area (TPSA) is 12.0 Å². The van der Waals surface area contributed by atoms with E-state index in [9.17, 15) is 0 Å². The average Bonchev–Trinajstić information content (AvgIpc) is 2.26. The van der Waals surface area contributed by atoms with Gasteiger partial charge in [-0.3, -0.25) is 0 Å². The summed E-state index contributed by atoms with van der Waals surface area (Å²) in [5.41, 5.74) is 0. The summed E-state index contributed by atoms with van der Waals surface area (Å²) in [6.45, 7) is 2.23. The quantitative estimate of drug-likeness (QED) is 0.629. The molecule has 1 N–H and O–H groups in total. The minimum atomic E-state index is 0.629. The molecule has 0 aromatic heterocycles. The molecule has 1 aromatic carbocycles. The highest BCUT2D eigenvalue weighted by Gasteiger charge is 2.00. The summed E-state index contributed by atoms with van der Waals surface area (Å²) in [6, 6.07) is 9.03. The molecular weight excluding hydrogens is 270 g/mol. The fraction of sp³-hybridized carbons (Fsp3) is 0.500. The minimum Gasteiger partial charge on any atom is -0.317 e. The van der Waals surface area contributed by atoms with Gasteiger partial charge in [0.1, 0.15) is 0 Å². The Morgan fingerprint density at radius 1 is 1.40 bits per heavy atom. The zero-order valence-corrected chi connectivity index (χ0v) is 11.7. The van der Waals surface area contributed by atoms with E-state index in [1.54, 1.807) is 0 Å². The van der Waals surface area contributed by atoms with Gasteiger partial charge in [-0.1, -0.05) is 12.1 Å². The Morgan fingerprint density at radius 2 is 2.13 bits per heavy atom. The lowest BCUT2D eigenvalue weighted by atomic mass is 10.2. The van der Waals surface area contributed by atoms with Crippen molar-refractivity contribution in [1.29, 1.82) is 0 Å². The minimum absolute atomic E-state index is 0.629. The lowest BCUT2D eigenvalue weighted by Gasteiger charge is -2.09. The third-order valence-electron chi connectivity index (χ3n) is 2.37. The fourth-order valence-electron chi connectivity index (χ4n) is 1.28. The van der Waals surface area contributed by atoms with Gasteiger partial charge in [-0.25, -0.2) is 0 Å². The molecule has 0 fully saturated rings. The van der Waals surface area contributed by atoms with Gasteiger partial charge in [-0.05, 0) is 60.6 Å². The highest BCUT2D eigenvalue weighted by atomic mass is 79.9. The van der Waals surface area contributed by atoms with Crippen LogP contribution < -0.4 is 5.32 Å². The van der Waals surface area contributed by atoms with E-state index in [1.165, 1.54) is 28.0 Å². The number of hydrogen-bond acceptors (Lipinski definition) is 2. The van der Waals surface area contributed by atoms with E-state index in [-0.39, 0.29) is 0 Å². The predicted molar refractivity (Wildman–Crippen MR) is 72.6 cm³/mol. The Morgan fingerprint density at radius 3 is 2.80 bits per heavy atom. The van der Waals surface area contributed by atoms with E-state index in [4.69, 9.17) is 0 Å². The van der Waals surface area contributed by atoms with Gasteiger partial charge in [-0.2, -0.15) is 0 Å². The summed E-state index contributed by atoms with van der Waals surface area (Å²) in [5, 5.41) is 3.26. The van der Waals surface area contributed by atoms with Crippen LogP contribution in [-0.2, 0) is 0 Å². The Kier molecular flexibility index (Phi) is 6.37. The largest absolute Gasteiger partial charge is 0.317 e. The Labute approximate surface area is 105 Å². The molecule has 0 saturated carbocycles. The Bertz CT molecular complexity index is 291. The molecule has 1 nitrogen and oxygen atoms in total. The van der Waals surface area contributed by atoms with Crippen molar-refractivity contribution < 1.29 is 0 Å². The third kappa shape index (κ3) is 5.05. The maximum Gasteiger partial charge on any atom is 0.0311 e. The molecule has 1 atom stereocenters. The summed E-state index contributed by atoms with van der Waals surface area (Å²) in [4.78, 5) is 1.34. The van der Waals surface area contributed by atoms with Gasteiger partial charge in [0.15, 0.2) is 0 Å². The molecule has 15 heavy (non-hydrogen) atoms. The van der Waals surface area contributed by atoms with Gasteiger partial charge in [0.25, 0.3) is 0 Å². The molecule has 1 rings (SSSR count). The fourth-order valence-corrected chi connectivity index (χ4v) is 2.82. The summed E-state index contributed by atoms with van der Waals surface area (Å²) in [6.07, 6.45) is 2.50. The molecule has 0 aliphatic heterocycles. The van der Waals surface area contributed by atoms with E-state index >= 15 is 0 Å². The van der Waals surface area contributed by atoms with Crippen LogP contribution in [0.25, 0.3) is 0 Å². The van der Waals surface area contributed by atoms with Gasteiger partial charge in [0, 0.05) is 15.4 Å². The molecule has 0 heterocycles. The van der Waals surface area contributed by atoms with Crippen LogP contribution in [0.2, 0.25) is 0 Å². The van der Waals surface area contributed by atoms with E-state index in [2.05, 4.69) is 52.4 Å². The lowest BCUT2D eigenvalue weighted by Crippen LogP contribution is -2.20. The Balaban J connectivity index is 2.23. The first-order valence-electron chi connectivity index (χ1n) is 5.28. The summed E-state index contributed by atoms with van der Waals surface area (Å²) < 4.78 is 1.21. The second-order valence-corrected chi connectivity index (χ2v) is 5.60. The van der Waals surface area contributed by atoms with Gasteiger partial charge >= 0.3 is 0 Å². The molecule has 1 aromatic rings. The maximum absolute atomic E-state index is 3.56.